The van der Waals surface area contributed by atoms with E-state index in [2.05, 4.69) is 20.3 Å². The van der Waals surface area contributed by atoms with Crippen LogP contribution in [0.3, 0.4) is 0 Å². The Morgan fingerprint density at radius 1 is 1.03 bits per heavy atom. The van der Waals surface area contributed by atoms with Gasteiger partial charge < -0.3 is 5.32 Å². The maximum absolute atomic E-state index is 13.3. The molecule has 2 aromatic heterocycles. The lowest BCUT2D eigenvalue weighted by molar-refractivity contribution is 0.0882. The Labute approximate surface area is 195 Å². The number of nitrogens with one attached hydrogen (secondary N) is 1. The van der Waals surface area contributed by atoms with E-state index in [-0.39, 0.29) is 17.7 Å². The molecular formula is C25H23ClN4OS. The van der Waals surface area contributed by atoms with Crippen LogP contribution >= 0.6 is 22.9 Å². The molecule has 32 heavy (non-hydrogen) atoms. The molecule has 0 radical (unpaired) electrons. The van der Waals surface area contributed by atoms with Crippen LogP contribution in [0.2, 0.25) is 5.02 Å². The molecule has 1 aliphatic carbocycles. The van der Waals surface area contributed by atoms with Crippen molar-refractivity contribution in [3.8, 4) is 10.4 Å². The number of aryl methyl sites for hydroxylation is 1. The second-order valence-electron chi connectivity index (χ2n) is 8.22. The second-order valence-corrected chi connectivity index (χ2v) is 9.86. The zero-order valence-corrected chi connectivity index (χ0v) is 19.3. The third-order valence-corrected chi connectivity index (χ3v) is 7.21. The molecule has 4 aromatic rings. The van der Waals surface area contributed by atoms with Crippen LogP contribution in [0.4, 0.5) is 5.82 Å². The number of fused-ring (bicyclic) bond motifs is 1. The minimum atomic E-state index is 0.0125. The van der Waals surface area contributed by atoms with Gasteiger partial charge in [0.2, 0.25) is 0 Å². The fourth-order valence-electron chi connectivity index (χ4n) is 4.34. The van der Waals surface area contributed by atoms with Crippen LogP contribution in [-0.4, -0.2) is 26.8 Å². The highest BCUT2D eigenvalue weighted by atomic mass is 35.5. The minimum Gasteiger partial charge on any atom is -0.366 e. The van der Waals surface area contributed by atoms with E-state index in [9.17, 15) is 4.79 Å². The van der Waals surface area contributed by atoms with Gasteiger partial charge in [-0.25, -0.2) is 9.97 Å². The van der Waals surface area contributed by atoms with Crippen molar-refractivity contribution in [1.82, 2.24) is 15.0 Å². The summed E-state index contributed by atoms with van der Waals surface area (Å²) in [5, 5.41) is 5.07. The van der Waals surface area contributed by atoms with E-state index in [1.54, 1.807) is 17.5 Å². The van der Waals surface area contributed by atoms with Crippen molar-refractivity contribution >= 4 is 45.6 Å². The van der Waals surface area contributed by atoms with Crippen molar-refractivity contribution in [2.75, 3.05) is 5.32 Å². The summed E-state index contributed by atoms with van der Waals surface area (Å²) in [7, 11) is 0. The maximum Gasteiger partial charge on any atom is 0.185 e. The van der Waals surface area contributed by atoms with Crippen LogP contribution in [0.25, 0.3) is 21.5 Å². The maximum atomic E-state index is 13.3. The average molecular weight is 463 g/mol. The summed E-state index contributed by atoms with van der Waals surface area (Å²) in [6.45, 7) is 1.96. The lowest BCUT2D eigenvalue weighted by atomic mass is 9.82. The molecule has 2 aromatic carbocycles. The second kappa shape index (κ2) is 8.96. The summed E-state index contributed by atoms with van der Waals surface area (Å²) in [5.41, 5.74) is 3.29. The first kappa shape index (κ1) is 21.0. The van der Waals surface area contributed by atoms with Crippen LogP contribution in [0.15, 0.2) is 54.7 Å². The van der Waals surface area contributed by atoms with E-state index in [1.165, 1.54) is 0 Å². The van der Waals surface area contributed by atoms with Gasteiger partial charge in [-0.05, 0) is 56.4 Å². The van der Waals surface area contributed by atoms with Crippen LogP contribution in [-0.2, 0) is 0 Å². The molecule has 0 spiro atoms. The molecule has 1 saturated carbocycles. The number of hydrogen-bond donors (Lipinski definition) is 1. The van der Waals surface area contributed by atoms with E-state index in [4.69, 9.17) is 11.6 Å². The van der Waals surface area contributed by atoms with Gasteiger partial charge in [0.25, 0.3) is 0 Å². The van der Waals surface area contributed by atoms with Gasteiger partial charge in [0.1, 0.15) is 11.5 Å². The number of ketones is 1. The van der Waals surface area contributed by atoms with Crippen LogP contribution < -0.4 is 5.32 Å². The Bertz CT molecular complexity index is 1270. The topological polar surface area (TPSA) is 67.8 Å². The average Bonchev–Trinajstić information content (AvgIpc) is 3.21. The fraction of sp³-hybridized carbons (Fsp3) is 0.280. The van der Waals surface area contributed by atoms with Gasteiger partial charge in [-0.3, -0.25) is 9.78 Å². The lowest BCUT2D eigenvalue weighted by Crippen LogP contribution is -2.30. The Kier molecular flexibility index (Phi) is 5.89. The van der Waals surface area contributed by atoms with Crippen molar-refractivity contribution in [3.05, 3.63) is 70.5 Å². The summed E-state index contributed by atoms with van der Waals surface area (Å²) in [4.78, 5) is 28.0. The number of benzene rings is 2. The minimum absolute atomic E-state index is 0.0125. The fourth-order valence-corrected chi connectivity index (χ4v) is 5.43. The van der Waals surface area contributed by atoms with Crippen LogP contribution in [0.5, 0.6) is 0 Å². The van der Waals surface area contributed by atoms with Crippen molar-refractivity contribution in [2.24, 2.45) is 5.92 Å². The number of hydrogen-bond acceptors (Lipinski definition) is 6. The van der Waals surface area contributed by atoms with Crippen LogP contribution in [0, 0.1) is 12.8 Å². The smallest absolute Gasteiger partial charge is 0.185 e. The van der Waals surface area contributed by atoms with E-state index in [1.807, 2.05) is 55.5 Å². The predicted molar refractivity (Wildman–Crippen MR) is 131 cm³/mol. The molecule has 1 aliphatic rings. The van der Waals surface area contributed by atoms with Gasteiger partial charge in [0.15, 0.2) is 5.78 Å². The van der Waals surface area contributed by atoms with E-state index in [0.717, 1.165) is 58.0 Å². The Morgan fingerprint density at radius 3 is 2.59 bits per heavy atom. The molecule has 0 atom stereocenters. The van der Waals surface area contributed by atoms with E-state index in [0.29, 0.717) is 10.7 Å². The SMILES string of the molecule is Cc1nc(C(=O)C2CCC(Nc3cnc4ccc(Cl)cc4n3)CC2)c(-c2ccccc2)s1. The zero-order valence-electron chi connectivity index (χ0n) is 17.7. The third kappa shape index (κ3) is 4.38. The van der Waals surface area contributed by atoms with E-state index < -0.39 is 0 Å². The standard InChI is InChI=1S/C25H23ClN4OS/c1-15-28-23(25(32-15)17-5-3-2-4-6-17)24(31)16-7-10-19(11-8-16)29-22-14-27-20-12-9-18(26)13-21(20)30-22/h2-6,9,12-14,16,19H,7-8,10-11H2,1H3,(H,29,30). The van der Waals surface area contributed by atoms with Crippen molar-refractivity contribution in [3.63, 3.8) is 0 Å². The highest BCUT2D eigenvalue weighted by molar-refractivity contribution is 7.15. The summed E-state index contributed by atoms with van der Waals surface area (Å²) in [5.74, 6) is 0.932. The normalized spacial score (nSPS) is 18.6. The quantitative estimate of drug-likeness (QED) is 0.340. The molecule has 1 N–H and O–H groups in total. The number of rotatable bonds is 5. The van der Waals surface area contributed by atoms with Crippen molar-refractivity contribution < 1.29 is 4.79 Å². The van der Waals surface area contributed by atoms with E-state index >= 15 is 0 Å². The number of halogens is 1. The van der Waals surface area contributed by atoms with Crippen molar-refractivity contribution in [1.29, 1.82) is 0 Å². The number of Topliss-reactive ketones (excluding diaryl/α,β-unsaturated/α-hetero) is 1. The molecule has 0 amide bonds. The predicted octanol–water partition coefficient (Wildman–Crippen LogP) is 6.57. The summed E-state index contributed by atoms with van der Waals surface area (Å²) in [6, 6.07) is 15.9. The van der Waals surface area contributed by atoms with Gasteiger partial charge in [-0.2, -0.15) is 0 Å². The van der Waals surface area contributed by atoms with Crippen LogP contribution in [0.1, 0.15) is 41.2 Å². The molecule has 0 saturated heterocycles. The number of carbonyl (C=O) groups is 1. The molecule has 0 unspecified atom stereocenters. The molecule has 1 fully saturated rings. The number of nitrogens with zero attached hydrogens (tertiary/aromatic N) is 3. The molecule has 7 heteroatoms. The first-order valence-electron chi connectivity index (χ1n) is 10.8. The highest BCUT2D eigenvalue weighted by Crippen LogP contribution is 2.35. The molecule has 5 nitrogen and oxygen atoms in total. The van der Waals surface area contributed by atoms with Crippen molar-refractivity contribution in [2.45, 2.75) is 38.6 Å². The van der Waals surface area contributed by atoms with Gasteiger partial charge in [-0.15, -0.1) is 11.3 Å². The summed E-state index contributed by atoms with van der Waals surface area (Å²) in [6.07, 6.45) is 5.27. The van der Waals surface area contributed by atoms with Gasteiger partial charge in [-0.1, -0.05) is 41.9 Å². The molecule has 0 aliphatic heterocycles. The largest absolute Gasteiger partial charge is 0.366 e. The number of aromatic nitrogens is 3. The summed E-state index contributed by atoms with van der Waals surface area (Å²) >= 11 is 7.68. The molecular weight excluding hydrogens is 440 g/mol. The first-order valence-corrected chi connectivity index (χ1v) is 12.0. The molecule has 162 valence electrons. The molecule has 2 heterocycles. The molecule has 5 rings (SSSR count). The Morgan fingerprint density at radius 2 is 1.81 bits per heavy atom. The lowest BCUT2D eigenvalue weighted by Gasteiger charge is -2.28. The number of anilines is 1. The zero-order chi connectivity index (χ0) is 22.1. The number of carbonyl (C=O) groups excluding carboxylic acids is 1. The Hall–Kier alpha value is -2.83. The third-order valence-electron chi connectivity index (χ3n) is 5.96. The van der Waals surface area contributed by atoms with Gasteiger partial charge in [0.05, 0.1) is 27.1 Å². The Balaban J connectivity index is 1.26. The summed E-state index contributed by atoms with van der Waals surface area (Å²) < 4.78 is 0. The number of thiazole rings is 1. The molecule has 0 bridgehead atoms. The first-order chi connectivity index (χ1) is 15.6. The van der Waals surface area contributed by atoms with Gasteiger partial charge >= 0.3 is 0 Å². The highest BCUT2D eigenvalue weighted by Gasteiger charge is 2.30. The monoisotopic (exact) mass is 462 g/mol. The van der Waals surface area contributed by atoms with Gasteiger partial charge in [0, 0.05) is 17.0 Å².